The van der Waals surface area contributed by atoms with E-state index >= 15 is 0 Å². The standard InChI is InChI=1S/C14H13N3O3/c1-8(18)17-6-11-12(7-17)15-16-13(11)9-2-4-10(5-3-9)14(19)20/h2-5H,6-7H2,1H3,(H,15,16)(H,19,20). The van der Waals surface area contributed by atoms with Crippen LogP contribution in [0.15, 0.2) is 24.3 Å². The van der Waals surface area contributed by atoms with Crippen LogP contribution in [0.1, 0.15) is 28.5 Å². The third kappa shape index (κ3) is 1.95. The third-order valence-corrected chi connectivity index (χ3v) is 3.50. The summed E-state index contributed by atoms with van der Waals surface area (Å²) in [7, 11) is 0. The Morgan fingerprint density at radius 1 is 1.25 bits per heavy atom. The predicted molar refractivity (Wildman–Crippen MR) is 70.9 cm³/mol. The van der Waals surface area contributed by atoms with Gasteiger partial charge in [-0.25, -0.2) is 4.79 Å². The monoisotopic (exact) mass is 271 g/mol. The minimum Gasteiger partial charge on any atom is -0.478 e. The summed E-state index contributed by atoms with van der Waals surface area (Å²) in [6, 6.07) is 6.57. The number of aromatic nitrogens is 2. The molecular formula is C14H13N3O3. The zero-order valence-electron chi connectivity index (χ0n) is 10.9. The van der Waals surface area contributed by atoms with Crippen LogP contribution < -0.4 is 0 Å². The molecule has 0 aliphatic carbocycles. The second kappa shape index (κ2) is 4.48. The van der Waals surface area contributed by atoms with Crippen LogP contribution >= 0.6 is 0 Å². The average Bonchev–Trinajstić information content (AvgIpc) is 2.98. The van der Waals surface area contributed by atoms with Gasteiger partial charge in [-0.1, -0.05) is 12.1 Å². The van der Waals surface area contributed by atoms with Gasteiger partial charge < -0.3 is 10.0 Å². The zero-order chi connectivity index (χ0) is 14.3. The first-order valence-corrected chi connectivity index (χ1v) is 6.21. The summed E-state index contributed by atoms with van der Waals surface area (Å²) >= 11 is 0. The van der Waals surface area contributed by atoms with Gasteiger partial charge in [-0.15, -0.1) is 0 Å². The van der Waals surface area contributed by atoms with Gasteiger partial charge in [-0.2, -0.15) is 5.10 Å². The van der Waals surface area contributed by atoms with Gasteiger partial charge >= 0.3 is 5.97 Å². The molecule has 0 fully saturated rings. The number of H-pyrrole nitrogens is 1. The van der Waals surface area contributed by atoms with Crippen LogP contribution in [-0.4, -0.2) is 32.1 Å². The average molecular weight is 271 g/mol. The predicted octanol–water partition coefficient (Wildman–Crippen LogP) is 1.64. The van der Waals surface area contributed by atoms with Crippen LogP contribution in [0, 0.1) is 0 Å². The van der Waals surface area contributed by atoms with E-state index < -0.39 is 5.97 Å². The highest BCUT2D eigenvalue weighted by Crippen LogP contribution is 2.30. The molecule has 1 aromatic carbocycles. The van der Waals surface area contributed by atoms with E-state index in [1.165, 1.54) is 0 Å². The van der Waals surface area contributed by atoms with Gasteiger partial charge in [0, 0.05) is 18.1 Å². The van der Waals surface area contributed by atoms with Crippen molar-refractivity contribution in [1.29, 1.82) is 0 Å². The molecule has 6 heteroatoms. The summed E-state index contributed by atoms with van der Waals surface area (Å²) in [5.41, 5.74) is 3.81. The largest absolute Gasteiger partial charge is 0.478 e. The number of aromatic carboxylic acids is 1. The molecule has 3 rings (SSSR count). The Labute approximate surface area is 115 Å². The number of nitrogens with zero attached hydrogens (tertiary/aromatic N) is 2. The van der Waals surface area contributed by atoms with Crippen molar-refractivity contribution in [2.24, 2.45) is 0 Å². The molecule has 102 valence electrons. The minimum atomic E-state index is -0.952. The summed E-state index contributed by atoms with van der Waals surface area (Å²) in [4.78, 5) is 24.0. The fraction of sp³-hybridized carbons (Fsp3) is 0.214. The van der Waals surface area contributed by atoms with Crippen molar-refractivity contribution in [3.8, 4) is 11.3 Å². The molecule has 1 aliphatic heterocycles. The van der Waals surface area contributed by atoms with E-state index in [0.717, 1.165) is 22.5 Å². The van der Waals surface area contributed by atoms with Crippen LogP contribution in [0.2, 0.25) is 0 Å². The summed E-state index contributed by atoms with van der Waals surface area (Å²) in [5, 5.41) is 16.1. The van der Waals surface area contributed by atoms with Crippen molar-refractivity contribution >= 4 is 11.9 Å². The highest BCUT2D eigenvalue weighted by molar-refractivity contribution is 5.88. The summed E-state index contributed by atoms with van der Waals surface area (Å²) in [6.45, 7) is 2.63. The number of rotatable bonds is 2. The molecule has 0 saturated carbocycles. The van der Waals surface area contributed by atoms with E-state index in [0.29, 0.717) is 13.1 Å². The molecule has 1 amide bonds. The maximum Gasteiger partial charge on any atom is 0.335 e. The van der Waals surface area contributed by atoms with Crippen LogP contribution in [0.3, 0.4) is 0 Å². The Hall–Kier alpha value is -2.63. The number of hydrogen-bond acceptors (Lipinski definition) is 3. The lowest BCUT2D eigenvalue weighted by Gasteiger charge is -2.12. The van der Waals surface area contributed by atoms with Gasteiger partial charge in [0.2, 0.25) is 5.91 Å². The molecule has 0 unspecified atom stereocenters. The maximum atomic E-state index is 11.4. The molecule has 2 heterocycles. The number of carboxylic acids is 1. The molecule has 0 saturated heterocycles. The first-order chi connectivity index (χ1) is 9.56. The topological polar surface area (TPSA) is 86.3 Å². The number of benzene rings is 1. The SMILES string of the molecule is CC(=O)N1Cc2[nH]nc(-c3ccc(C(=O)O)cc3)c2C1. The molecule has 1 aliphatic rings. The lowest BCUT2D eigenvalue weighted by molar-refractivity contribution is -0.129. The Kier molecular flexibility index (Phi) is 2.78. The maximum absolute atomic E-state index is 11.4. The van der Waals surface area contributed by atoms with E-state index in [4.69, 9.17) is 5.11 Å². The normalized spacial score (nSPS) is 13.3. The molecule has 0 spiro atoms. The van der Waals surface area contributed by atoms with Crippen molar-refractivity contribution < 1.29 is 14.7 Å². The van der Waals surface area contributed by atoms with E-state index in [9.17, 15) is 9.59 Å². The van der Waals surface area contributed by atoms with Crippen molar-refractivity contribution in [2.75, 3.05) is 0 Å². The van der Waals surface area contributed by atoms with Crippen LogP contribution in [0.4, 0.5) is 0 Å². The van der Waals surface area contributed by atoms with Gasteiger partial charge in [-0.05, 0) is 12.1 Å². The Balaban J connectivity index is 1.94. The molecular weight excluding hydrogens is 258 g/mol. The second-order valence-electron chi connectivity index (χ2n) is 4.79. The van der Waals surface area contributed by atoms with E-state index in [1.54, 1.807) is 36.1 Å². The zero-order valence-corrected chi connectivity index (χ0v) is 10.9. The number of nitrogens with one attached hydrogen (secondary N) is 1. The Bertz CT molecular complexity index is 688. The molecule has 2 aromatic rings. The Morgan fingerprint density at radius 3 is 2.55 bits per heavy atom. The number of carbonyl (C=O) groups is 2. The minimum absolute atomic E-state index is 0.0294. The number of fused-ring (bicyclic) bond motifs is 1. The number of hydrogen-bond donors (Lipinski definition) is 2. The van der Waals surface area contributed by atoms with Gasteiger partial charge in [0.15, 0.2) is 0 Å². The van der Waals surface area contributed by atoms with E-state index in [2.05, 4.69) is 10.2 Å². The van der Waals surface area contributed by atoms with Gasteiger partial charge in [0.05, 0.1) is 30.0 Å². The molecule has 1 aromatic heterocycles. The van der Waals surface area contributed by atoms with Crippen molar-refractivity contribution in [3.63, 3.8) is 0 Å². The first-order valence-electron chi connectivity index (χ1n) is 6.21. The van der Waals surface area contributed by atoms with E-state index in [1.807, 2.05) is 0 Å². The molecule has 6 nitrogen and oxygen atoms in total. The Morgan fingerprint density at radius 2 is 1.95 bits per heavy atom. The first kappa shape index (κ1) is 12.4. The lowest BCUT2D eigenvalue weighted by Crippen LogP contribution is -2.22. The highest BCUT2D eigenvalue weighted by atomic mass is 16.4. The lowest BCUT2D eigenvalue weighted by atomic mass is 10.1. The summed E-state index contributed by atoms with van der Waals surface area (Å²) in [5.74, 6) is -0.923. The number of carbonyl (C=O) groups excluding carboxylic acids is 1. The van der Waals surface area contributed by atoms with Gasteiger partial charge in [0.25, 0.3) is 0 Å². The van der Waals surface area contributed by atoms with Crippen molar-refractivity contribution in [3.05, 3.63) is 41.1 Å². The van der Waals surface area contributed by atoms with Gasteiger partial charge in [0.1, 0.15) is 0 Å². The van der Waals surface area contributed by atoms with Crippen molar-refractivity contribution in [2.45, 2.75) is 20.0 Å². The van der Waals surface area contributed by atoms with Crippen LogP contribution in [-0.2, 0) is 17.9 Å². The number of carboxylic acid groups (broad SMARTS) is 1. The third-order valence-electron chi connectivity index (χ3n) is 3.50. The fourth-order valence-corrected chi connectivity index (χ4v) is 2.37. The second-order valence-corrected chi connectivity index (χ2v) is 4.79. The van der Waals surface area contributed by atoms with Crippen molar-refractivity contribution in [1.82, 2.24) is 15.1 Å². The highest BCUT2D eigenvalue weighted by Gasteiger charge is 2.26. The molecule has 0 atom stereocenters. The molecule has 0 bridgehead atoms. The molecule has 20 heavy (non-hydrogen) atoms. The molecule has 0 radical (unpaired) electrons. The summed E-state index contributed by atoms with van der Waals surface area (Å²) in [6.07, 6.45) is 0. The summed E-state index contributed by atoms with van der Waals surface area (Å²) < 4.78 is 0. The van der Waals surface area contributed by atoms with Crippen LogP contribution in [0.5, 0.6) is 0 Å². The van der Waals surface area contributed by atoms with E-state index in [-0.39, 0.29) is 11.5 Å². The van der Waals surface area contributed by atoms with Crippen LogP contribution in [0.25, 0.3) is 11.3 Å². The molecule has 2 N–H and O–H groups in total. The fourth-order valence-electron chi connectivity index (χ4n) is 2.37. The number of amides is 1. The quantitative estimate of drug-likeness (QED) is 0.869. The number of aromatic amines is 1. The smallest absolute Gasteiger partial charge is 0.335 e. The van der Waals surface area contributed by atoms with Gasteiger partial charge in [-0.3, -0.25) is 9.89 Å².